The first-order chi connectivity index (χ1) is 12.4. The lowest BCUT2D eigenvalue weighted by molar-refractivity contribution is -0.132. The van der Waals surface area contributed by atoms with E-state index < -0.39 is 5.41 Å². The maximum absolute atomic E-state index is 13.0. The van der Waals surface area contributed by atoms with Gasteiger partial charge >= 0.3 is 0 Å². The first-order valence-corrected chi connectivity index (χ1v) is 9.24. The van der Waals surface area contributed by atoms with Crippen LogP contribution in [0.5, 0.6) is 0 Å². The molecule has 2 heterocycles. The van der Waals surface area contributed by atoms with Gasteiger partial charge in [-0.25, -0.2) is 4.39 Å². The third-order valence-electron chi connectivity index (χ3n) is 4.68. The summed E-state index contributed by atoms with van der Waals surface area (Å²) < 4.78 is 18.8. The van der Waals surface area contributed by atoms with Crippen molar-refractivity contribution in [2.45, 2.75) is 26.3 Å². The Hall–Kier alpha value is -2.15. The number of piperidine rings is 1. The Labute approximate surface area is 159 Å². The second-order valence-electron chi connectivity index (χ2n) is 6.80. The molecular formula is C19H20BrFN2O3. The standard InChI is InChI=1S/C19H20BrFN2O3/c1-19(18(25)22-11-13-3-5-14(21)6-4-13)9-2-10-23(12-19)17(24)15-7-8-16(20)26-15/h3-8H,2,9-12H2,1H3,(H,22,25)/t19-/m0/s1. The highest BCUT2D eigenvalue weighted by molar-refractivity contribution is 9.10. The number of furan rings is 1. The summed E-state index contributed by atoms with van der Waals surface area (Å²) in [6, 6.07) is 9.31. The zero-order valence-corrected chi connectivity index (χ0v) is 16.0. The van der Waals surface area contributed by atoms with Gasteiger partial charge < -0.3 is 14.6 Å². The Morgan fingerprint density at radius 2 is 2.00 bits per heavy atom. The Bertz CT molecular complexity index is 805. The van der Waals surface area contributed by atoms with Gasteiger partial charge in [0.05, 0.1) is 5.41 Å². The molecule has 1 aliphatic rings. The van der Waals surface area contributed by atoms with E-state index in [1.54, 1.807) is 29.2 Å². The molecule has 1 saturated heterocycles. The fourth-order valence-corrected chi connectivity index (χ4v) is 3.49. The summed E-state index contributed by atoms with van der Waals surface area (Å²) >= 11 is 3.19. The van der Waals surface area contributed by atoms with Crippen molar-refractivity contribution in [2.75, 3.05) is 13.1 Å². The molecule has 138 valence electrons. The molecule has 1 aliphatic heterocycles. The number of rotatable bonds is 4. The van der Waals surface area contributed by atoms with Gasteiger partial charge in [0.1, 0.15) is 5.82 Å². The molecule has 0 bridgehead atoms. The van der Waals surface area contributed by atoms with Gasteiger partial charge in [-0.2, -0.15) is 0 Å². The van der Waals surface area contributed by atoms with Crippen molar-refractivity contribution in [1.82, 2.24) is 10.2 Å². The highest BCUT2D eigenvalue weighted by atomic mass is 79.9. The second kappa shape index (κ2) is 7.61. The van der Waals surface area contributed by atoms with Crippen LogP contribution in [-0.2, 0) is 11.3 Å². The SMILES string of the molecule is C[C@]1(C(=O)NCc2ccc(F)cc2)CCCN(C(=O)c2ccc(Br)o2)C1. The summed E-state index contributed by atoms with van der Waals surface area (Å²) in [5, 5.41) is 2.90. The van der Waals surface area contributed by atoms with Crippen LogP contribution in [0.4, 0.5) is 4.39 Å². The molecule has 1 aromatic carbocycles. The predicted octanol–water partition coefficient (Wildman–Crippen LogP) is 3.74. The van der Waals surface area contributed by atoms with E-state index in [9.17, 15) is 14.0 Å². The lowest BCUT2D eigenvalue weighted by Gasteiger charge is -2.39. The largest absolute Gasteiger partial charge is 0.444 e. The number of halogens is 2. The summed E-state index contributed by atoms with van der Waals surface area (Å²) in [4.78, 5) is 27.0. The quantitative estimate of drug-likeness (QED) is 0.815. The minimum atomic E-state index is -0.669. The van der Waals surface area contributed by atoms with Crippen LogP contribution in [0.15, 0.2) is 45.5 Å². The van der Waals surface area contributed by atoms with E-state index in [0.717, 1.165) is 12.0 Å². The number of likely N-dealkylation sites (tertiary alicyclic amines) is 1. The van der Waals surface area contributed by atoms with Crippen molar-refractivity contribution in [1.29, 1.82) is 0 Å². The lowest BCUT2D eigenvalue weighted by Crippen LogP contribution is -2.51. The van der Waals surface area contributed by atoms with Gasteiger partial charge in [0.2, 0.25) is 5.91 Å². The van der Waals surface area contributed by atoms with Gasteiger partial charge in [-0.05, 0) is 65.5 Å². The summed E-state index contributed by atoms with van der Waals surface area (Å²) in [6.45, 7) is 3.12. The van der Waals surface area contributed by atoms with E-state index in [4.69, 9.17) is 4.42 Å². The maximum atomic E-state index is 13.0. The summed E-state index contributed by atoms with van der Waals surface area (Å²) in [5.41, 5.74) is 0.158. The van der Waals surface area contributed by atoms with E-state index in [2.05, 4.69) is 21.2 Å². The predicted molar refractivity (Wildman–Crippen MR) is 97.9 cm³/mol. The second-order valence-corrected chi connectivity index (χ2v) is 7.59. The van der Waals surface area contributed by atoms with Crippen LogP contribution >= 0.6 is 15.9 Å². The van der Waals surface area contributed by atoms with Crippen molar-refractivity contribution in [3.63, 3.8) is 0 Å². The highest BCUT2D eigenvalue weighted by Crippen LogP contribution is 2.31. The van der Waals surface area contributed by atoms with Crippen LogP contribution < -0.4 is 5.32 Å². The van der Waals surface area contributed by atoms with E-state index in [-0.39, 0.29) is 23.4 Å². The van der Waals surface area contributed by atoms with Gasteiger partial charge in [0, 0.05) is 19.6 Å². The molecule has 2 aromatic rings. The molecule has 1 N–H and O–H groups in total. The molecule has 1 atom stereocenters. The number of nitrogens with one attached hydrogen (secondary N) is 1. The van der Waals surface area contributed by atoms with Crippen LogP contribution in [0, 0.1) is 11.2 Å². The highest BCUT2D eigenvalue weighted by Gasteiger charge is 2.39. The number of carbonyl (C=O) groups is 2. The van der Waals surface area contributed by atoms with Gasteiger partial charge in [0.25, 0.3) is 5.91 Å². The number of amides is 2. The molecule has 26 heavy (non-hydrogen) atoms. The normalized spacial score (nSPS) is 20.0. The van der Waals surface area contributed by atoms with Crippen LogP contribution in [0.1, 0.15) is 35.9 Å². The van der Waals surface area contributed by atoms with Crippen LogP contribution in [-0.4, -0.2) is 29.8 Å². The molecule has 1 aromatic heterocycles. The number of benzene rings is 1. The zero-order chi connectivity index (χ0) is 18.7. The number of hydrogen-bond acceptors (Lipinski definition) is 3. The summed E-state index contributed by atoms with van der Waals surface area (Å²) in [5.74, 6) is -0.376. The van der Waals surface area contributed by atoms with Crippen molar-refractivity contribution in [3.05, 3.63) is 58.2 Å². The molecule has 1 fully saturated rings. The summed E-state index contributed by atoms with van der Waals surface area (Å²) in [7, 11) is 0. The van der Waals surface area contributed by atoms with Crippen LogP contribution in [0.3, 0.4) is 0 Å². The smallest absolute Gasteiger partial charge is 0.289 e. The molecule has 5 nitrogen and oxygen atoms in total. The Kier molecular flexibility index (Phi) is 5.46. The van der Waals surface area contributed by atoms with Crippen molar-refractivity contribution in [3.8, 4) is 0 Å². The zero-order valence-electron chi connectivity index (χ0n) is 14.4. The maximum Gasteiger partial charge on any atom is 0.289 e. The molecule has 2 amide bonds. The van der Waals surface area contributed by atoms with Crippen molar-refractivity contribution in [2.24, 2.45) is 5.41 Å². The third kappa shape index (κ3) is 4.15. The average molecular weight is 423 g/mol. The minimum absolute atomic E-state index is 0.111. The first kappa shape index (κ1) is 18.6. The molecule has 7 heteroatoms. The van der Waals surface area contributed by atoms with Crippen molar-refractivity contribution >= 4 is 27.7 Å². The summed E-state index contributed by atoms with van der Waals surface area (Å²) in [6.07, 6.45) is 1.45. The van der Waals surface area contributed by atoms with Gasteiger partial charge in [0.15, 0.2) is 10.4 Å². The molecule has 3 rings (SSSR count). The van der Waals surface area contributed by atoms with Crippen molar-refractivity contribution < 1.29 is 18.4 Å². The average Bonchev–Trinajstić information content (AvgIpc) is 3.06. The fourth-order valence-electron chi connectivity index (χ4n) is 3.18. The Morgan fingerprint density at radius 3 is 2.65 bits per heavy atom. The Balaban J connectivity index is 1.63. The molecule has 0 aliphatic carbocycles. The van der Waals surface area contributed by atoms with E-state index in [1.807, 2.05) is 6.92 Å². The Morgan fingerprint density at radius 1 is 1.27 bits per heavy atom. The van der Waals surface area contributed by atoms with Gasteiger partial charge in [-0.15, -0.1) is 0 Å². The third-order valence-corrected chi connectivity index (χ3v) is 5.11. The molecular weight excluding hydrogens is 403 g/mol. The minimum Gasteiger partial charge on any atom is -0.444 e. The number of carbonyl (C=O) groups excluding carboxylic acids is 2. The van der Waals surface area contributed by atoms with E-state index in [0.29, 0.717) is 30.7 Å². The number of nitrogens with zero attached hydrogens (tertiary/aromatic N) is 1. The molecule has 0 saturated carbocycles. The molecule has 0 spiro atoms. The topological polar surface area (TPSA) is 62.6 Å². The first-order valence-electron chi connectivity index (χ1n) is 8.45. The monoisotopic (exact) mass is 422 g/mol. The van der Waals surface area contributed by atoms with Crippen LogP contribution in [0.25, 0.3) is 0 Å². The van der Waals surface area contributed by atoms with E-state index >= 15 is 0 Å². The van der Waals surface area contributed by atoms with Gasteiger partial charge in [-0.3, -0.25) is 9.59 Å². The molecule has 0 unspecified atom stereocenters. The van der Waals surface area contributed by atoms with Crippen LogP contribution in [0.2, 0.25) is 0 Å². The van der Waals surface area contributed by atoms with Gasteiger partial charge in [-0.1, -0.05) is 12.1 Å². The van der Waals surface area contributed by atoms with E-state index in [1.165, 1.54) is 12.1 Å². The molecule has 0 radical (unpaired) electrons. The fraction of sp³-hybridized carbons (Fsp3) is 0.368. The number of hydrogen-bond donors (Lipinski definition) is 1. The lowest BCUT2D eigenvalue weighted by atomic mass is 9.80.